The third-order valence-corrected chi connectivity index (χ3v) is 5.78. The summed E-state index contributed by atoms with van der Waals surface area (Å²) in [5, 5.41) is 8.47. The monoisotopic (exact) mass is 334 g/mol. The minimum Gasteiger partial charge on any atom is -0.314 e. The lowest BCUT2D eigenvalue weighted by Crippen LogP contribution is -2.26. The summed E-state index contributed by atoms with van der Waals surface area (Å²) in [6, 6.07) is 10.5. The van der Waals surface area contributed by atoms with Crippen molar-refractivity contribution in [1.82, 2.24) is 19.1 Å². The van der Waals surface area contributed by atoms with E-state index < -0.39 is 10.0 Å². The Labute approximate surface area is 137 Å². The van der Waals surface area contributed by atoms with Crippen molar-refractivity contribution < 1.29 is 8.42 Å². The number of fused-ring (bicyclic) bond motifs is 1. The first kappa shape index (κ1) is 16.1. The molecule has 1 aromatic heterocycles. The summed E-state index contributed by atoms with van der Waals surface area (Å²) in [6.07, 6.45) is 4.14. The van der Waals surface area contributed by atoms with Crippen LogP contribution in [-0.2, 0) is 29.5 Å². The first-order valence-electron chi connectivity index (χ1n) is 7.82. The van der Waals surface area contributed by atoms with Gasteiger partial charge in [0.15, 0.2) is 0 Å². The Bertz CT molecular complexity index is 771. The SMILES string of the molecule is CN(Cc1nnc2n1CCC(c1ccccc1)CC2)S(C)(=O)=O. The molecule has 0 aliphatic carbocycles. The molecule has 0 fully saturated rings. The number of nitrogens with zero attached hydrogens (tertiary/aromatic N) is 4. The van der Waals surface area contributed by atoms with Crippen LogP contribution in [0, 0.1) is 0 Å². The summed E-state index contributed by atoms with van der Waals surface area (Å²) >= 11 is 0. The van der Waals surface area contributed by atoms with E-state index in [0.29, 0.717) is 5.92 Å². The molecule has 6 nitrogen and oxygen atoms in total. The molecule has 0 spiro atoms. The fourth-order valence-corrected chi connectivity index (χ4v) is 3.39. The van der Waals surface area contributed by atoms with Gasteiger partial charge in [0.2, 0.25) is 10.0 Å². The molecule has 3 rings (SSSR count). The zero-order valence-electron chi connectivity index (χ0n) is 13.5. The smallest absolute Gasteiger partial charge is 0.211 e. The van der Waals surface area contributed by atoms with Crippen LogP contribution in [-0.4, -0.2) is 40.8 Å². The predicted octanol–water partition coefficient (Wildman–Crippen LogP) is 1.79. The van der Waals surface area contributed by atoms with Crippen LogP contribution in [0.5, 0.6) is 0 Å². The van der Waals surface area contributed by atoms with Gasteiger partial charge in [-0.2, -0.15) is 4.31 Å². The Hall–Kier alpha value is -1.73. The molecule has 124 valence electrons. The van der Waals surface area contributed by atoms with Crippen LogP contribution in [0.4, 0.5) is 0 Å². The Kier molecular flexibility index (Phi) is 4.50. The van der Waals surface area contributed by atoms with Crippen LogP contribution < -0.4 is 0 Å². The highest BCUT2D eigenvalue weighted by Crippen LogP contribution is 2.29. The average molecular weight is 334 g/mol. The zero-order chi connectivity index (χ0) is 16.4. The topological polar surface area (TPSA) is 68.1 Å². The maximum Gasteiger partial charge on any atom is 0.211 e. The molecule has 1 aliphatic rings. The van der Waals surface area contributed by atoms with E-state index in [2.05, 4.69) is 39.0 Å². The average Bonchev–Trinajstić information content (AvgIpc) is 2.77. The second-order valence-electron chi connectivity index (χ2n) is 6.14. The van der Waals surface area contributed by atoms with Crippen molar-refractivity contribution in [2.75, 3.05) is 13.3 Å². The lowest BCUT2D eigenvalue weighted by Gasteiger charge is -2.16. The van der Waals surface area contributed by atoms with Crippen LogP contribution in [0.25, 0.3) is 0 Å². The van der Waals surface area contributed by atoms with Gasteiger partial charge in [0.1, 0.15) is 11.6 Å². The number of aromatic nitrogens is 3. The van der Waals surface area contributed by atoms with E-state index in [1.165, 1.54) is 16.1 Å². The summed E-state index contributed by atoms with van der Waals surface area (Å²) in [7, 11) is -1.65. The van der Waals surface area contributed by atoms with E-state index in [0.717, 1.165) is 37.5 Å². The van der Waals surface area contributed by atoms with Gasteiger partial charge in [-0.25, -0.2) is 8.42 Å². The van der Waals surface area contributed by atoms with Gasteiger partial charge in [0.05, 0.1) is 12.8 Å². The van der Waals surface area contributed by atoms with Crippen molar-refractivity contribution in [1.29, 1.82) is 0 Å². The molecule has 0 radical (unpaired) electrons. The second-order valence-corrected chi connectivity index (χ2v) is 8.23. The lowest BCUT2D eigenvalue weighted by molar-refractivity contribution is 0.445. The van der Waals surface area contributed by atoms with E-state index in [1.54, 1.807) is 7.05 Å². The van der Waals surface area contributed by atoms with Crippen molar-refractivity contribution in [3.05, 3.63) is 47.5 Å². The quantitative estimate of drug-likeness (QED) is 0.855. The van der Waals surface area contributed by atoms with Gasteiger partial charge >= 0.3 is 0 Å². The number of hydrogen-bond acceptors (Lipinski definition) is 4. The first-order valence-corrected chi connectivity index (χ1v) is 9.67. The van der Waals surface area contributed by atoms with Crippen LogP contribution >= 0.6 is 0 Å². The highest BCUT2D eigenvalue weighted by Gasteiger charge is 2.23. The molecular weight excluding hydrogens is 312 g/mol. The first-order chi connectivity index (χ1) is 10.9. The number of aryl methyl sites for hydroxylation is 1. The Morgan fingerprint density at radius 2 is 1.96 bits per heavy atom. The van der Waals surface area contributed by atoms with E-state index in [4.69, 9.17) is 0 Å². The maximum atomic E-state index is 11.6. The summed E-state index contributed by atoms with van der Waals surface area (Å²) < 4.78 is 26.6. The molecule has 0 bridgehead atoms. The summed E-state index contributed by atoms with van der Waals surface area (Å²) in [5.74, 6) is 2.19. The molecule has 2 heterocycles. The third kappa shape index (κ3) is 3.61. The summed E-state index contributed by atoms with van der Waals surface area (Å²) in [6.45, 7) is 1.09. The third-order valence-electron chi connectivity index (χ3n) is 4.52. The molecule has 0 saturated heterocycles. The van der Waals surface area contributed by atoms with Gasteiger partial charge in [-0.3, -0.25) is 0 Å². The standard InChI is InChI=1S/C16H22N4O2S/c1-19(23(2,21)22)12-16-18-17-15-9-8-14(10-11-20(15)16)13-6-4-3-5-7-13/h3-7,14H,8-12H2,1-2H3. The van der Waals surface area contributed by atoms with Gasteiger partial charge < -0.3 is 4.57 Å². The van der Waals surface area contributed by atoms with Crippen LogP contribution in [0.15, 0.2) is 30.3 Å². The number of hydrogen-bond donors (Lipinski definition) is 0. The molecule has 1 aromatic carbocycles. The van der Waals surface area contributed by atoms with Crippen molar-refractivity contribution >= 4 is 10.0 Å². The van der Waals surface area contributed by atoms with E-state index >= 15 is 0 Å². The molecule has 1 unspecified atom stereocenters. The molecule has 1 aliphatic heterocycles. The van der Waals surface area contributed by atoms with Crippen molar-refractivity contribution in [3.8, 4) is 0 Å². The molecule has 7 heteroatoms. The minimum absolute atomic E-state index is 0.266. The molecule has 0 saturated carbocycles. The Morgan fingerprint density at radius 3 is 2.65 bits per heavy atom. The fourth-order valence-electron chi connectivity index (χ4n) is 3.04. The molecule has 1 atom stereocenters. The second kappa shape index (κ2) is 6.41. The normalized spacial score (nSPS) is 18.7. The van der Waals surface area contributed by atoms with Gasteiger partial charge in [0, 0.05) is 20.0 Å². The summed E-state index contributed by atoms with van der Waals surface area (Å²) in [5.41, 5.74) is 1.36. The largest absolute Gasteiger partial charge is 0.314 e. The molecule has 0 N–H and O–H groups in total. The van der Waals surface area contributed by atoms with Crippen molar-refractivity contribution in [2.45, 2.75) is 38.3 Å². The number of benzene rings is 1. The van der Waals surface area contributed by atoms with Crippen molar-refractivity contribution in [2.24, 2.45) is 0 Å². The fraction of sp³-hybridized carbons (Fsp3) is 0.500. The van der Waals surface area contributed by atoms with E-state index in [9.17, 15) is 8.42 Å². The zero-order valence-corrected chi connectivity index (χ0v) is 14.3. The van der Waals surface area contributed by atoms with E-state index in [-0.39, 0.29) is 6.54 Å². The van der Waals surface area contributed by atoms with Crippen molar-refractivity contribution in [3.63, 3.8) is 0 Å². The Balaban J connectivity index is 1.76. The van der Waals surface area contributed by atoms with Gasteiger partial charge in [-0.1, -0.05) is 30.3 Å². The minimum atomic E-state index is -3.22. The predicted molar refractivity (Wildman–Crippen MR) is 88.5 cm³/mol. The van der Waals surface area contributed by atoms with Gasteiger partial charge in [-0.05, 0) is 24.3 Å². The molecule has 23 heavy (non-hydrogen) atoms. The van der Waals surface area contributed by atoms with Crippen LogP contribution in [0.3, 0.4) is 0 Å². The molecule has 0 amide bonds. The van der Waals surface area contributed by atoms with Gasteiger partial charge in [-0.15, -0.1) is 10.2 Å². The van der Waals surface area contributed by atoms with E-state index in [1.807, 2.05) is 6.07 Å². The number of sulfonamides is 1. The molecule has 2 aromatic rings. The maximum absolute atomic E-state index is 11.6. The van der Waals surface area contributed by atoms with Crippen LogP contribution in [0.2, 0.25) is 0 Å². The molecular formula is C16H22N4O2S. The number of rotatable bonds is 4. The highest BCUT2D eigenvalue weighted by atomic mass is 32.2. The lowest BCUT2D eigenvalue weighted by atomic mass is 9.92. The summed E-state index contributed by atoms with van der Waals surface area (Å²) in [4.78, 5) is 0. The highest BCUT2D eigenvalue weighted by molar-refractivity contribution is 7.88. The Morgan fingerprint density at radius 1 is 1.22 bits per heavy atom. The van der Waals surface area contributed by atoms with Crippen LogP contribution in [0.1, 0.15) is 36.0 Å². The van der Waals surface area contributed by atoms with Gasteiger partial charge in [0.25, 0.3) is 0 Å².